The van der Waals surface area contributed by atoms with Crippen molar-refractivity contribution in [3.8, 4) is 0 Å². The third-order valence-electron chi connectivity index (χ3n) is 2.71. The van der Waals surface area contributed by atoms with Crippen LogP contribution in [0.4, 0.5) is 0 Å². The molecule has 0 radical (unpaired) electrons. The first kappa shape index (κ1) is 12.8. The molecule has 0 saturated carbocycles. The normalized spacial score (nSPS) is 13.6. The quantitative estimate of drug-likeness (QED) is 0.803. The van der Waals surface area contributed by atoms with Gasteiger partial charge in [0.1, 0.15) is 0 Å². The predicted octanol–water partition coefficient (Wildman–Crippen LogP) is 1.01. The van der Waals surface area contributed by atoms with E-state index in [0.717, 1.165) is 5.69 Å². The van der Waals surface area contributed by atoms with Gasteiger partial charge in [0.2, 0.25) is 5.91 Å². The van der Waals surface area contributed by atoms with E-state index in [1.54, 1.807) is 0 Å². The molecule has 1 amide bonds. The van der Waals surface area contributed by atoms with Crippen molar-refractivity contribution in [3.63, 3.8) is 0 Å². The van der Waals surface area contributed by atoms with Gasteiger partial charge in [-0.25, -0.2) is 0 Å². The van der Waals surface area contributed by atoms with E-state index in [-0.39, 0.29) is 11.3 Å². The van der Waals surface area contributed by atoms with Gasteiger partial charge in [0.15, 0.2) is 0 Å². The molecule has 0 aliphatic heterocycles. The third-order valence-corrected chi connectivity index (χ3v) is 2.71. The highest BCUT2D eigenvalue weighted by atomic mass is 16.2. The number of hydrogen-bond donors (Lipinski definition) is 2. The Hall–Kier alpha value is -1.29. The first-order chi connectivity index (χ1) is 7.32. The maximum atomic E-state index is 11.8. The molecule has 1 heterocycles. The first-order valence-corrected chi connectivity index (χ1v) is 5.46. The molecule has 1 rings (SSSR count). The molecule has 1 aromatic rings. The Labute approximate surface area is 96.8 Å². The monoisotopic (exact) mass is 223 g/mol. The van der Waals surface area contributed by atoms with E-state index in [1.165, 1.54) is 0 Å². The van der Waals surface area contributed by atoms with Gasteiger partial charge in [-0.15, -0.1) is 0 Å². The second-order valence-corrected chi connectivity index (χ2v) is 5.17. The van der Waals surface area contributed by atoms with Crippen LogP contribution in [0.25, 0.3) is 0 Å². The minimum atomic E-state index is -0.479. The fraction of sp³-hybridized carbons (Fsp3) is 0.583. The molecule has 4 nitrogen and oxygen atoms in total. The summed E-state index contributed by atoms with van der Waals surface area (Å²) in [6, 6.07) is 3.45. The summed E-state index contributed by atoms with van der Waals surface area (Å²) in [6.45, 7) is 6.39. The van der Waals surface area contributed by atoms with Crippen LogP contribution in [0.3, 0.4) is 0 Å². The smallest absolute Gasteiger partial charge is 0.237 e. The van der Waals surface area contributed by atoms with Crippen molar-refractivity contribution >= 4 is 5.91 Å². The number of nitrogens with one attached hydrogen (secondary N) is 1. The molecule has 0 fully saturated rings. The maximum Gasteiger partial charge on any atom is 0.237 e. The Bertz CT molecular complexity index is 363. The van der Waals surface area contributed by atoms with Crippen LogP contribution in [-0.4, -0.2) is 16.5 Å². The van der Waals surface area contributed by atoms with Crippen LogP contribution in [0.5, 0.6) is 0 Å². The average Bonchev–Trinajstić information content (AvgIpc) is 2.58. The lowest BCUT2D eigenvalue weighted by Crippen LogP contribution is -2.48. The highest BCUT2D eigenvalue weighted by Gasteiger charge is 2.27. The molecule has 1 atom stereocenters. The number of nitrogens with zero attached hydrogens (tertiary/aromatic N) is 1. The van der Waals surface area contributed by atoms with E-state index in [2.05, 4.69) is 5.32 Å². The molecule has 0 saturated heterocycles. The van der Waals surface area contributed by atoms with Crippen LogP contribution in [0.2, 0.25) is 0 Å². The van der Waals surface area contributed by atoms with Crippen LogP contribution in [0.15, 0.2) is 18.3 Å². The molecule has 16 heavy (non-hydrogen) atoms. The molecule has 0 aromatic carbocycles. The van der Waals surface area contributed by atoms with Gasteiger partial charge in [-0.05, 0) is 17.5 Å². The number of nitrogens with two attached hydrogens (primary N) is 1. The Morgan fingerprint density at radius 1 is 1.56 bits per heavy atom. The Morgan fingerprint density at radius 2 is 2.19 bits per heavy atom. The lowest BCUT2D eigenvalue weighted by molar-refractivity contribution is -0.124. The van der Waals surface area contributed by atoms with Gasteiger partial charge >= 0.3 is 0 Å². The minimum Gasteiger partial charge on any atom is -0.353 e. The maximum absolute atomic E-state index is 11.8. The van der Waals surface area contributed by atoms with E-state index in [4.69, 9.17) is 5.73 Å². The topological polar surface area (TPSA) is 60.0 Å². The number of amides is 1. The third kappa shape index (κ3) is 3.10. The highest BCUT2D eigenvalue weighted by Crippen LogP contribution is 2.17. The summed E-state index contributed by atoms with van der Waals surface area (Å²) in [4.78, 5) is 11.8. The summed E-state index contributed by atoms with van der Waals surface area (Å²) in [6.07, 6.45) is 1.95. The summed E-state index contributed by atoms with van der Waals surface area (Å²) < 4.78 is 1.98. The molecule has 1 aromatic heterocycles. The van der Waals surface area contributed by atoms with Crippen LogP contribution >= 0.6 is 0 Å². The van der Waals surface area contributed by atoms with E-state index in [0.29, 0.717) is 6.54 Å². The average molecular weight is 223 g/mol. The van der Waals surface area contributed by atoms with Crippen LogP contribution in [-0.2, 0) is 18.4 Å². The van der Waals surface area contributed by atoms with Gasteiger partial charge in [-0.3, -0.25) is 4.79 Å². The highest BCUT2D eigenvalue weighted by molar-refractivity contribution is 5.82. The van der Waals surface area contributed by atoms with Crippen LogP contribution in [0.1, 0.15) is 26.5 Å². The number of carbonyl (C=O) groups is 1. The molecule has 3 N–H and O–H groups in total. The fourth-order valence-electron chi connectivity index (χ4n) is 1.36. The molecule has 0 bridgehead atoms. The molecular weight excluding hydrogens is 202 g/mol. The molecule has 90 valence electrons. The summed E-state index contributed by atoms with van der Waals surface area (Å²) in [7, 11) is 1.95. The lowest BCUT2D eigenvalue weighted by Gasteiger charge is -2.25. The second kappa shape index (κ2) is 4.70. The Kier molecular flexibility index (Phi) is 3.75. The van der Waals surface area contributed by atoms with Crippen molar-refractivity contribution in [2.45, 2.75) is 33.4 Å². The number of hydrogen-bond acceptors (Lipinski definition) is 2. The SMILES string of the molecule is Cn1cccc1CNC(=O)[C@@H](N)C(C)(C)C. The first-order valence-electron chi connectivity index (χ1n) is 5.46. The van der Waals surface area contributed by atoms with Gasteiger partial charge in [0.05, 0.1) is 12.6 Å². The van der Waals surface area contributed by atoms with Crippen molar-refractivity contribution in [1.29, 1.82) is 0 Å². The zero-order valence-electron chi connectivity index (χ0n) is 10.4. The summed E-state index contributed by atoms with van der Waals surface area (Å²) in [5.74, 6) is -0.103. The van der Waals surface area contributed by atoms with Gasteiger partial charge < -0.3 is 15.6 Å². The minimum absolute atomic E-state index is 0.103. The summed E-state index contributed by atoms with van der Waals surface area (Å²) in [5.41, 5.74) is 6.71. The van der Waals surface area contributed by atoms with Gasteiger partial charge in [0.25, 0.3) is 0 Å². The number of carbonyl (C=O) groups excluding carboxylic acids is 1. The van der Waals surface area contributed by atoms with Crippen LogP contribution < -0.4 is 11.1 Å². The van der Waals surface area contributed by atoms with Gasteiger partial charge in [-0.1, -0.05) is 20.8 Å². The predicted molar refractivity (Wildman–Crippen MR) is 64.7 cm³/mol. The van der Waals surface area contributed by atoms with E-state index in [1.807, 2.05) is 50.7 Å². The van der Waals surface area contributed by atoms with E-state index in [9.17, 15) is 4.79 Å². The number of aromatic nitrogens is 1. The van der Waals surface area contributed by atoms with E-state index < -0.39 is 6.04 Å². The van der Waals surface area contributed by atoms with Crippen molar-refractivity contribution in [3.05, 3.63) is 24.0 Å². The fourth-order valence-corrected chi connectivity index (χ4v) is 1.36. The summed E-state index contributed by atoms with van der Waals surface area (Å²) in [5, 5.41) is 2.85. The Balaban J connectivity index is 2.51. The largest absolute Gasteiger partial charge is 0.353 e. The second-order valence-electron chi connectivity index (χ2n) is 5.17. The molecule has 4 heteroatoms. The van der Waals surface area contributed by atoms with Crippen LogP contribution in [0, 0.1) is 5.41 Å². The molecular formula is C12H21N3O. The number of rotatable bonds is 3. The number of aryl methyl sites for hydroxylation is 1. The van der Waals surface area contributed by atoms with E-state index >= 15 is 0 Å². The van der Waals surface area contributed by atoms with Gasteiger partial charge in [-0.2, -0.15) is 0 Å². The zero-order valence-corrected chi connectivity index (χ0v) is 10.4. The Morgan fingerprint density at radius 3 is 2.62 bits per heavy atom. The van der Waals surface area contributed by atoms with Crippen molar-refractivity contribution in [2.75, 3.05) is 0 Å². The lowest BCUT2D eigenvalue weighted by atomic mass is 9.87. The van der Waals surface area contributed by atoms with Crippen molar-refractivity contribution < 1.29 is 4.79 Å². The molecule has 0 aliphatic rings. The van der Waals surface area contributed by atoms with Crippen molar-refractivity contribution in [1.82, 2.24) is 9.88 Å². The van der Waals surface area contributed by atoms with Crippen molar-refractivity contribution in [2.24, 2.45) is 18.2 Å². The standard InChI is InChI=1S/C12H21N3O/c1-12(2,3)10(13)11(16)14-8-9-6-5-7-15(9)4/h5-7,10H,8,13H2,1-4H3,(H,14,16)/t10-/m1/s1. The zero-order chi connectivity index (χ0) is 12.3. The molecule has 0 spiro atoms. The van der Waals surface area contributed by atoms with Gasteiger partial charge in [0, 0.05) is 18.9 Å². The summed E-state index contributed by atoms with van der Waals surface area (Å²) >= 11 is 0. The molecule has 0 unspecified atom stereocenters. The molecule has 0 aliphatic carbocycles.